The number of piperidine rings is 1. The molecule has 6 nitrogen and oxygen atoms in total. The van der Waals surface area contributed by atoms with Gasteiger partial charge in [0.15, 0.2) is 5.75 Å². The van der Waals surface area contributed by atoms with Gasteiger partial charge in [-0.25, -0.2) is 0 Å². The Kier molecular flexibility index (Phi) is 5.60. The molecule has 0 bridgehead atoms. The number of benzene rings is 1. The van der Waals surface area contributed by atoms with Gasteiger partial charge in [-0.15, -0.1) is 0 Å². The van der Waals surface area contributed by atoms with Crippen LogP contribution in [-0.2, 0) is 0 Å². The van der Waals surface area contributed by atoms with Gasteiger partial charge in [0, 0.05) is 20.1 Å². The van der Waals surface area contributed by atoms with Crippen LogP contribution >= 0.6 is 0 Å². The molecular weight excluding hydrogens is 282 g/mol. The molecule has 6 heteroatoms. The van der Waals surface area contributed by atoms with Crippen LogP contribution in [0.25, 0.3) is 0 Å². The first-order chi connectivity index (χ1) is 10.5. The van der Waals surface area contributed by atoms with E-state index in [0.29, 0.717) is 24.0 Å². The monoisotopic (exact) mass is 307 g/mol. The Hall–Kier alpha value is -1.82. The maximum Gasteiger partial charge on any atom is 0.333 e. The Morgan fingerprint density at radius 2 is 2.27 bits per heavy atom. The zero-order chi connectivity index (χ0) is 16.1. The molecule has 1 heterocycles. The molecule has 1 fully saturated rings. The van der Waals surface area contributed by atoms with Crippen molar-refractivity contribution in [2.45, 2.75) is 19.8 Å². The number of ether oxygens (including phenoxy) is 1. The Bertz CT molecular complexity index is 521. The van der Waals surface area contributed by atoms with Gasteiger partial charge in [-0.05, 0) is 51.4 Å². The fourth-order valence-corrected chi connectivity index (χ4v) is 3.18. The summed E-state index contributed by atoms with van der Waals surface area (Å²) in [5, 5.41) is 11.5. The number of hydrogen-bond acceptors (Lipinski definition) is 5. The molecule has 2 rings (SSSR count). The van der Waals surface area contributed by atoms with Gasteiger partial charge in [-0.2, -0.15) is 0 Å². The van der Waals surface area contributed by atoms with Crippen molar-refractivity contribution in [2.75, 3.05) is 45.2 Å². The largest absolute Gasteiger partial charge is 0.487 e. The molecule has 0 aliphatic carbocycles. The van der Waals surface area contributed by atoms with Crippen molar-refractivity contribution in [1.82, 2.24) is 4.90 Å². The first kappa shape index (κ1) is 16.5. The minimum Gasteiger partial charge on any atom is -0.487 e. The lowest BCUT2D eigenvalue weighted by Crippen LogP contribution is -2.38. The van der Waals surface area contributed by atoms with Crippen molar-refractivity contribution in [3.8, 4) is 5.75 Å². The molecule has 1 aliphatic heterocycles. The lowest BCUT2D eigenvalue weighted by molar-refractivity contribution is -0.385. The number of nitrogens with zero attached hydrogens (tertiary/aromatic N) is 3. The Balaban J connectivity index is 2.19. The van der Waals surface area contributed by atoms with E-state index in [4.69, 9.17) is 4.74 Å². The van der Waals surface area contributed by atoms with Crippen molar-refractivity contribution in [2.24, 2.45) is 5.92 Å². The third-order valence-electron chi connectivity index (χ3n) is 4.13. The minimum absolute atomic E-state index is 0.0658. The molecular formula is C16H25N3O3. The summed E-state index contributed by atoms with van der Waals surface area (Å²) in [7, 11) is 4.05. The van der Waals surface area contributed by atoms with Gasteiger partial charge in [0.25, 0.3) is 0 Å². The highest BCUT2D eigenvalue weighted by molar-refractivity contribution is 5.69. The topological polar surface area (TPSA) is 58.8 Å². The van der Waals surface area contributed by atoms with Crippen molar-refractivity contribution < 1.29 is 9.66 Å². The molecule has 22 heavy (non-hydrogen) atoms. The highest BCUT2D eigenvalue weighted by Crippen LogP contribution is 2.37. The molecule has 1 atom stereocenters. The third kappa shape index (κ3) is 3.88. The second-order valence-electron chi connectivity index (χ2n) is 5.97. The van der Waals surface area contributed by atoms with Crippen LogP contribution in [-0.4, -0.2) is 50.2 Å². The molecule has 1 unspecified atom stereocenters. The summed E-state index contributed by atoms with van der Waals surface area (Å²) in [6, 6.07) is 5.28. The first-order valence-corrected chi connectivity index (χ1v) is 7.82. The van der Waals surface area contributed by atoms with Crippen LogP contribution in [0.15, 0.2) is 18.2 Å². The zero-order valence-electron chi connectivity index (χ0n) is 13.6. The van der Waals surface area contributed by atoms with Crippen LogP contribution in [0, 0.1) is 16.0 Å². The van der Waals surface area contributed by atoms with Crippen molar-refractivity contribution in [3.63, 3.8) is 0 Å². The van der Waals surface area contributed by atoms with Crippen LogP contribution in [0.1, 0.15) is 19.8 Å². The Morgan fingerprint density at radius 1 is 1.50 bits per heavy atom. The predicted octanol–water partition coefficient (Wildman–Crippen LogP) is 2.77. The standard InChI is InChI=1S/C16H25N3O3/c1-4-22-15-9-5-8-14(16(15)19(20)21)18(3)12-13-7-6-10-17(2)11-13/h5,8-9,13H,4,6-7,10-12H2,1-3H3. The van der Waals surface area contributed by atoms with Crippen molar-refractivity contribution in [3.05, 3.63) is 28.3 Å². The Morgan fingerprint density at radius 3 is 2.91 bits per heavy atom. The first-order valence-electron chi connectivity index (χ1n) is 7.82. The van der Waals surface area contributed by atoms with E-state index in [2.05, 4.69) is 11.9 Å². The SMILES string of the molecule is CCOc1cccc(N(C)CC2CCCN(C)C2)c1[N+](=O)[O-]. The van der Waals surface area contributed by atoms with Crippen LogP contribution < -0.4 is 9.64 Å². The van der Waals surface area contributed by atoms with E-state index < -0.39 is 0 Å². The van der Waals surface area contributed by atoms with Gasteiger partial charge < -0.3 is 14.5 Å². The van der Waals surface area contributed by atoms with E-state index in [-0.39, 0.29) is 10.6 Å². The molecule has 0 amide bonds. The number of para-hydroxylation sites is 1. The van der Waals surface area contributed by atoms with Crippen molar-refractivity contribution >= 4 is 11.4 Å². The molecule has 0 N–H and O–H groups in total. The van der Waals surface area contributed by atoms with Crippen molar-refractivity contribution in [1.29, 1.82) is 0 Å². The van der Waals surface area contributed by atoms with Gasteiger partial charge in [-0.3, -0.25) is 10.1 Å². The molecule has 0 saturated carbocycles. The van der Waals surface area contributed by atoms with E-state index in [9.17, 15) is 10.1 Å². The van der Waals surface area contributed by atoms with Gasteiger partial charge in [-0.1, -0.05) is 6.07 Å². The summed E-state index contributed by atoms with van der Waals surface area (Å²) in [4.78, 5) is 15.4. The molecule has 1 aromatic carbocycles. The fraction of sp³-hybridized carbons (Fsp3) is 0.625. The van der Waals surface area contributed by atoms with Gasteiger partial charge >= 0.3 is 5.69 Å². The van der Waals surface area contributed by atoms with Gasteiger partial charge in [0.2, 0.25) is 0 Å². The number of anilines is 1. The molecule has 1 saturated heterocycles. The molecule has 122 valence electrons. The van der Waals surface area contributed by atoms with E-state index >= 15 is 0 Å². The summed E-state index contributed by atoms with van der Waals surface area (Å²) in [5.74, 6) is 0.886. The zero-order valence-corrected chi connectivity index (χ0v) is 13.6. The second kappa shape index (κ2) is 7.45. The fourth-order valence-electron chi connectivity index (χ4n) is 3.18. The minimum atomic E-state index is -0.343. The smallest absolute Gasteiger partial charge is 0.333 e. The lowest BCUT2D eigenvalue weighted by Gasteiger charge is -2.33. The van der Waals surface area contributed by atoms with Crippen LogP contribution in [0.3, 0.4) is 0 Å². The molecule has 0 spiro atoms. The maximum absolute atomic E-state index is 11.5. The number of rotatable bonds is 6. The molecule has 1 aliphatic rings. The van der Waals surface area contributed by atoms with E-state index in [1.807, 2.05) is 24.9 Å². The molecule has 0 aromatic heterocycles. The normalized spacial score (nSPS) is 19.0. The summed E-state index contributed by atoms with van der Waals surface area (Å²) < 4.78 is 5.42. The molecule has 1 aromatic rings. The lowest BCUT2D eigenvalue weighted by atomic mass is 9.98. The van der Waals surface area contributed by atoms with Gasteiger partial charge in [0.1, 0.15) is 5.69 Å². The Labute approximate surface area is 131 Å². The summed E-state index contributed by atoms with van der Waals surface area (Å²) in [6.45, 7) is 5.25. The summed E-state index contributed by atoms with van der Waals surface area (Å²) in [5.41, 5.74) is 0.695. The van der Waals surface area contributed by atoms with Gasteiger partial charge in [0.05, 0.1) is 11.5 Å². The second-order valence-corrected chi connectivity index (χ2v) is 5.97. The van der Waals surface area contributed by atoms with E-state index in [0.717, 1.165) is 19.6 Å². The highest BCUT2D eigenvalue weighted by atomic mass is 16.6. The number of likely N-dealkylation sites (tertiary alicyclic amines) is 1. The van der Waals surface area contributed by atoms with Crippen LogP contribution in [0.5, 0.6) is 5.75 Å². The quantitative estimate of drug-likeness (QED) is 0.597. The summed E-state index contributed by atoms with van der Waals surface area (Å²) in [6.07, 6.45) is 2.36. The highest BCUT2D eigenvalue weighted by Gasteiger charge is 2.26. The number of hydrogen-bond donors (Lipinski definition) is 0. The average Bonchev–Trinajstić information content (AvgIpc) is 2.47. The third-order valence-corrected chi connectivity index (χ3v) is 4.13. The van der Waals surface area contributed by atoms with E-state index in [1.165, 1.54) is 12.8 Å². The number of nitro benzene ring substituents is 1. The number of nitro groups is 1. The van der Waals surface area contributed by atoms with Crippen LogP contribution in [0.2, 0.25) is 0 Å². The maximum atomic E-state index is 11.5. The van der Waals surface area contributed by atoms with E-state index in [1.54, 1.807) is 12.1 Å². The summed E-state index contributed by atoms with van der Waals surface area (Å²) >= 11 is 0. The predicted molar refractivity (Wildman–Crippen MR) is 87.8 cm³/mol. The molecule has 0 radical (unpaired) electrons. The van der Waals surface area contributed by atoms with Crippen LogP contribution in [0.4, 0.5) is 11.4 Å². The average molecular weight is 307 g/mol.